The van der Waals surface area contributed by atoms with Gasteiger partial charge in [0.15, 0.2) is 0 Å². The first-order valence-corrected chi connectivity index (χ1v) is 8.52. The number of ether oxygens (including phenoxy) is 1. The molecule has 0 spiro atoms. The molecule has 2 rings (SSSR count). The van der Waals surface area contributed by atoms with Crippen LogP contribution in [0.15, 0.2) is 29.2 Å². The molecule has 9 heteroatoms. The van der Waals surface area contributed by atoms with E-state index in [0.29, 0.717) is 12.8 Å². The highest BCUT2D eigenvalue weighted by atomic mass is 32.2. The molecule has 6 nitrogen and oxygen atoms in total. The molecule has 1 heterocycles. The van der Waals surface area contributed by atoms with Crippen LogP contribution < -0.4 is 4.74 Å². The number of rotatable bonds is 6. The molecule has 1 aliphatic heterocycles. The third-order valence-corrected chi connectivity index (χ3v) is 5.47. The number of sulfonamides is 1. The van der Waals surface area contributed by atoms with Gasteiger partial charge in [-0.3, -0.25) is 4.79 Å². The van der Waals surface area contributed by atoms with Crippen LogP contribution in [0.3, 0.4) is 0 Å². The van der Waals surface area contributed by atoms with E-state index in [4.69, 9.17) is 4.74 Å². The van der Waals surface area contributed by atoms with E-state index in [9.17, 15) is 27.1 Å². The van der Waals surface area contributed by atoms with E-state index in [0.717, 1.165) is 4.31 Å². The van der Waals surface area contributed by atoms with Crippen LogP contribution in [-0.4, -0.2) is 49.4 Å². The van der Waals surface area contributed by atoms with Crippen LogP contribution in [0.25, 0.3) is 0 Å². The number of piperidine rings is 1. The minimum absolute atomic E-state index is 0.0879. The zero-order chi connectivity index (χ0) is 17.0. The number of benzene rings is 1. The number of carboxylic acid groups (broad SMARTS) is 1. The van der Waals surface area contributed by atoms with Crippen LogP contribution in [0.2, 0.25) is 0 Å². The van der Waals surface area contributed by atoms with E-state index >= 15 is 0 Å². The van der Waals surface area contributed by atoms with Crippen molar-refractivity contribution in [1.29, 1.82) is 0 Å². The molecular weight excluding hydrogens is 332 g/mol. The van der Waals surface area contributed by atoms with Crippen LogP contribution in [-0.2, 0) is 14.8 Å². The van der Waals surface area contributed by atoms with Gasteiger partial charge in [0.05, 0.1) is 4.90 Å². The van der Waals surface area contributed by atoms with Gasteiger partial charge in [0.1, 0.15) is 18.4 Å². The molecule has 0 radical (unpaired) electrons. The van der Waals surface area contributed by atoms with Gasteiger partial charge in [0.2, 0.25) is 10.0 Å². The Hall–Kier alpha value is -1.74. The van der Waals surface area contributed by atoms with E-state index in [2.05, 4.69) is 0 Å². The average Bonchev–Trinajstić information content (AvgIpc) is 2.53. The van der Waals surface area contributed by atoms with Crippen molar-refractivity contribution in [3.05, 3.63) is 24.3 Å². The van der Waals surface area contributed by atoms with E-state index in [1.54, 1.807) is 0 Å². The van der Waals surface area contributed by atoms with Crippen molar-refractivity contribution in [3.63, 3.8) is 0 Å². The smallest absolute Gasteiger partial charge is 0.322 e. The van der Waals surface area contributed by atoms with Crippen molar-refractivity contribution in [2.45, 2.75) is 36.6 Å². The van der Waals surface area contributed by atoms with Gasteiger partial charge in [0.25, 0.3) is 6.43 Å². The minimum atomic E-state index is -3.96. The Labute approximate surface area is 132 Å². The molecule has 0 aliphatic carbocycles. The monoisotopic (exact) mass is 349 g/mol. The van der Waals surface area contributed by atoms with Crippen LogP contribution in [0.4, 0.5) is 8.78 Å². The Kier molecular flexibility index (Phi) is 5.53. The Morgan fingerprint density at radius 2 is 1.96 bits per heavy atom. The summed E-state index contributed by atoms with van der Waals surface area (Å²) in [6.45, 7) is -0.637. The Bertz CT molecular complexity index is 648. The zero-order valence-electron chi connectivity index (χ0n) is 12.2. The normalized spacial score (nSPS) is 19.7. The summed E-state index contributed by atoms with van der Waals surface area (Å²) >= 11 is 0. The summed E-state index contributed by atoms with van der Waals surface area (Å²) in [5, 5.41) is 9.19. The number of alkyl halides is 2. The highest BCUT2D eigenvalue weighted by Gasteiger charge is 2.37. The standard InChI is InChI=1S/C14H17F2NO5S/c15-13(16)9-22-10-4-6-11(7-5-10)23(20,21)17-8-2-1-3-12(17)14(18)19/h4-7,12-13H,1-3,8-9H2,(H,18,19). The van der Waals surface area contributed by atoms with Crippen molar-refractivity contribution in [1.82, 2.24) is 4.31 Å². The molecule has 0 aromatic heterocycles. The van der Waals surface area contributed by atoms with Gasteiger partial charge in [0, 0.05) is 6.54 Å². The fraction of sp³-hybridized carbons (Fsp3) is 0.500. The molecule has 1 saturated heterocycles. The topological polar surface area (TPSA) is 83.9 Å². The Balaban J connectivity index is 2.19. The second-order valence-corrected chi connectivity index (χ2v) is 7.03. The third kappa shape index (κ3) is 4.17. The summed E-state index contributed by atoms with van der Waals surface area (Å²) in [6, 6.07) is 3.92. The predicted octanol–water partition coefficient (Wildman–Crippen LogP) is 1.96. The number of nitrogens with zero attached hydrogens (tertiary/aromatic N) is 1. The average molecular weight is 349 g/mol. The minimum Gasteiger partial charge on any atom is -0.488 e. The second kappa shape index (κ2) is 7.22. The van der Waals surface area contributed by atoms with Crippen LogP contribution >= 0.6 is 0 Å². The van der Waals surface area contributed by atoms with Gasteiger partial charge >= 0.3 is 5.97 Å². The summed E-state index contributed by atoms with van der Waals surface area (Å²) in [6.07, 6.45) is -1.10. The fourth-order valence-corrected chi connectivity index (χ4v) is 4.09. The van der Waals surface area contributed by atoms with Crippen molar-refractivity contribution < 1.29 is 31.8 Å². The van der Waals surface area contributed by atoms with Crippen LogP contribution in [0.1, 0.15) is 19.3 Å². The number of hydrogen-bond acceptors (Lipinski definition) is 4. The molecule has 1 unspecified atom stereocenters. The quantitative estimate of drug-likeness (QED) is 0.849. The second-order valence-electron chi connectivity index (χ2n) is 5.14. The Morgan fingerprint density at radius 1 is 1.30 bits per heavy atom. The first-order chi connectivity index (χ1) is 10.8. The largest absolute Gasteiger partial charge is 0.488 e. The maximum Gasteiger partial charge on any atom is 0.322 e. The van der Waals surface area contributed by atoms with Crippen LogP contribution in [0, 0.1) is 0 Å². The van der Waals surface area contributed by atoms with E-state index in [-0.39, 0.29) is 23.6 Å². The third-order valence-electron chi connectivity index (χ3n) is 3.55. The first kappa shape index (κ1) is 17.6. The molecule has 1 N–H and O–H groups in total. The first-order valence-electron chi connectivity index (χ1n) is 7.08. The number of carbonyl (C=O) groups is 1. The highest BCUT2D eigenvalue weighted by molar-refractivity contribution is 7.89. The number of carboxylic acids is 1. The van der Waals surface area contributed by atoms with Gasteiger partial charge in [-0.05, 0) is 43.5 Å². The number of hydrogen-bond donors (Lipinski definition) is 1. The van der Waals surface area contributed by atoms with Gasteiger partial charge in [-0.25, -0.2) is 17.2 Å². The molecule has 128 valence electrons. The van der Waals surface area contributed by atoms with Gasteiger partial charge in [-0.2, -0.15) is 4.31 Å². The highest BCUT2D eigenvalue weighted by Crippen LogP contribution is 2.26. The van der Waals surface area contributed by atoms with Gasteiger partial charge in [-0.1, -0.05) is 0 Å². The fourth-order valence-electron chi connectivity index (χ4n) is 2.44. The molecule has 0 bridgehead atoms. The van der Waals surface area contributed by atoms with Crippen molar-refractivity contribution >= 4 is 16.0 Å². The lowest BCUT2D eigenvalue weighted by Gasteiger charge is -2.31. The summed E-state index contributed by atoms with van der Waals surface area (Å²) in [7, 11) is -3.96. The molecule has 1 atom stereocenters. The van der Waals surface area contributed by atoms with Crippen molar-refractivity contribution in [2.75, 3.05) is 13.2 Å². The van der Waals surface area contributed by atoms with E-state index in [1.807, 2.05) is 0 Å². The Morgan fingerprint density at radius 3 is 2.52 bits per heavy atom. The number of halogens is 2. The number of aliphatic carboxylic acids is 1. The maximum absolute atomic E-state index is 12.6. The molecule has 1 aromatic rings. The van der Waals surface area contributed by atoms with Gasteiger partial charge < -0.3 is 9.84 Å². The summed E-state index contributed by atoms with van der Waals surface area (Å²) in [4.78, 5) is 11.2. The molecule has 23 heavy (non-hydrogen) atoms. The van der Waals surface area contributed by atoms with Crippen molar-refractivity contribution in [3.8, 4) is 5.75 Å². The maximum atomic E-state index is 12.6. The molecule has 1 fully saturated rings. The van der Waals surface area contributed by atoms with Crippen molar-refractivity contribution in [2.24, 2.45) is 0 Å². The van der Waals surface area contributed by atoms with Gasteiger partial charge in [-0.15, -0.1) is 0 Å². The SMILES string of the molecule is O=C(O)C1CCCCN1S(=O)(=O)c1ccc(OCC(F)F)cc1. The lowest BCUT2D eigenvalue weighted by Crippen LogP contribution is -2.47. The zero-order valence-corrected chi connectivity index (χ0v) is 13.0. The van der Waals surface area contributed by atoms with E-state index in [1.165, 1.54) is 24.3 Å². The lowest BCUT2D eigenvalue weighted by atomic mass is 10.1. The lowest BCUT2D eigenvalue weighted by molar-refractivity contribution is -0.142. The predicted molar refractivity (Wildman–Crippen MR) is 77.1 cm³/mol. The molecule has 0 amide bonds. The summed E-state index contributed by atoms with van der Waals surface area (Å²) in [5.41, 5.74) is 0. The molecule has 0 saturated carbocycles. The molecule has 1 aliphatic rings. The summed E-state index contributed by atoms with van der Waals surface area (Å²) in [5.74, 6) is -1.05. The molecule has 1 aromatic carbocycles. The molecular formula is C14H17F2NO5S. The van der Waals surface area contributed by atoms with Crippen LogP contribution in [0.5, 0.6) is 5.75 Å². The summed E-state index contributed by atoms with van der Waals surface area (Å²) < 4.78 is 55.1. The van der Waals surface area contributed by atoms with E-state index < -0.39 is 35.1 Å².